The van der Waals surface area contributed by atoms with Crippen LogP contribution in [-0.2, 0) is 13.1 Å². The van der Waals surface area contributed by atoms with Crippen LogP contribution in [0.3, 0.4) is 0 Å². The van der Waals surface area contributed by atoms with E-state index in [9.17, 15) is 4.79 Å². The van der Waals surface area contributed by atoms with Gasteiger partial charge in [0.25, 0.3) is 5.56 Å². The molecule has 2 N–H and O–H groups in total. The number of aromatic nitrogens is 2. The van der Waals surface area contributed by atoms with Crippen molar-refractivity contribution in [1.29, 1.82) is 0 Å². The maximum Gasteiger partial charge on any atom is 0.259 e. The Morgan fingerprint density at radius 2 is 1.69 bits per heavy atom. The molecule has 1 aromatic heterocycles. The number of ether oxygens (including phenoxy) is 3. The lowest BCUT2D eigenvalue weighted by Crippen LogP contribution is -3.09. The second-order valence-corrected chi connectivity index (χ2v) is 7.09. The molecule has 2 aromatic carbocycles. The minimum atomic E-state index is -0.207. The topological polar surface area (TPSA) is 77.9 Å². The third kappa shape index (κ3) is 4.63. The third-order valence-electron chi connectivity index (χ3n) is 4.86. The Balaban J connectivity index is 1.91. The van der Waals surface area contributed by atoms with Crippen molar-refractivity contribution in [3.63, 3.8) is 0 Å². The minimum Gasteiger partial charge on any atom is -0.496 e. The molecule has 0 aliphatic carbocycles. The Hall–Kier alpha value is -2.77. The molecule has 0 aliphatic heterocycles. The number of benzene rings is 2. The summed E-state index contributed by atoms with van der Waals surface area (Å²) in [4.78, 5) is 21.3. The van der Waals surface area contributed by atoms with Gasteiger partial charge in [0.1, 0.15) is 18.8 Å². The average molecular weight is 419 g/mol. The fraction of sp³-hybridized carbons (Fsp3) is 0.333. The molecule has 0 amide bonds. The Labute approximate surface area is 174 Å². The number of methoxy groups -OCH3 is 3. The molecule has 0 saturated heterocycles. The highest BCUT2D eigenvalue weighted by atomic mass is 35.5. The maximum absolute atomic E-state index is 12.6. The predicted octanol–water partition coefficient (Wildman–Crippen LogP) is 2.21. The van der Waals surface area contributed by atoms with Crippen molar-refractivity contribution in [3.8, 4) is 17.2 Å². The van der Waals surface area contributed by atoms with Gasteiger partial charge in [0.2, 0.25) is 0 Å². The quantitative estimate of drug-likeness (QED) is 0.586. The van der Waals surface area contributed by atoms with E-state index < -0.39 is 0 Å². The molecule has 0 aliphatic rings. The van der Waals surface area contributed by atoms with Crippen LogP contribution in [0.1, 0.15) is 18.3 Å². The molecule has 0 spiro atoms. The third-order valence-corrected chi connectivity index (χ3v) is 5.10. The zero-order valence-electron chi connectivity index (χ0n) is 17.0. The second kappa shape index (κ2) is 9.15. The van der Waals surface area contributed by atoms with E-state index in [1.54, 1.807) is 32.4 Å². The number of quaternary nitrogens is 1. The fourth-order valence-corrected chi connectivity index (χ4v) is 3.50. The number of nitrogens with zero attached hydrogens (tertiary/aromatic N) is 1. The summed E-state index contributed by atoms with van der Waals surface area (Å²) in [6.45, 7) is 4.16. The van der Waals surface area contributed by atoms with Crippen LogP contribution in [0.15, 0.2) is 35.1 Å². The van der Waals surface area contributed by atoms with Gasteiger partial charge in [-0.2, -0.15) is 0 Å². The normalized spacial score (nSPS) is 12.0. The highest BCUT2D eigenvalue weighted by molar-refractivity contribution is 6.30. The average Bonchev–Trinajstić information content (AvgIpc) is 2.72. The first-order valence-electron chi connectivity index (χ1n) is 9.30. The first kappa shape index (κ1) is 21.0. The summed E-state index contributed by atoms with van der Waals surface area (Å²) in [5.41, 5.74) is 1.37. The van der Waals surface area contributed by atoms with E-state index in [0.29, 0.717) is 46.3 Å². The van der Waals surface area contributed by atoms with E-state index in [1.807, 2.05) is 12.1 Å². The van der Waals surface area contributed by atoms with Crippen LogP contribution in [0.5, 0.6) is 17.2 Å². The smallest absolute Gasteiger partial charge is 0.259 e. The van der Waals surface area contributed by atoms with Gasteiger partial charge in [-0.25, -0.2) is 4.98 Å². The zero-order valence-corrected chi connectivity index (χ0v) is 17.7. The number of halogens is 1. The van der Waals surface area contributed by atoms with Crippen molar-refractivity contribution < 1.29 is 19.1 Å². The largest absolute Gasteiger partial charge is 0.496 e. The fourth-order valence-electron chi connectivity index (χ4n) is 3.30. The van der Waals surface area contributed by atoms with Gasteiger partial charge >= 0.3 is 0 Å². The molecule has 0 fully saturated rings. The number of hydrogen-bond donors (Lipinski definition) is 2. The van der Waals surface area contributed by atoms with Crippen molar-refractivity contribution in [3.05, 3.63) is 57.1 Å². The summed E-state index contributed by atoms with van der Waals surface area (Å²) < 4.78 is 16.1. The molecule has 7 nitrogen and oxygen atoms in total. The molecule has 29 heavy (non-hydrogen) atoms. The van der Waals surface area contributed by atoms with Gasteiger partial charge in [0, 0.05) is 16.7 Å². The van der Waals surface area contributed by atoms with E-state index in [4.69, 9.17) is 25.8 Å². The van der Waals surface area contributed by atoms with Gasteiger partial charge in [0.05, 0.1) is 38.8 Å². The lowest BCUT2D eigenvalue weighted by molar-refractivity contribution is -0.926. The SMILES string of the molecule is CC[NH+](Cc1nc2cc(OC)c(OC)cc2c(=O)[nH]1)Cc1cc(Cl)ccc1OC. The molecule has 3 aromatic rings. The monoisotopic (exact) mass is 418 g/mol. The molecule has 1 unspecified atom stereocenters. The molecule has 3 rings (SSSR count). The number of nitrogens with one attached hydrogen (secondary N) is 2. The number of fused-ring (bicyclic) bond motifs is 1. The van der Waals surface area contributed by atoms with Gasteiger partial charge in [-0.3, -0.25) is 4.79 Å². The maximum atomic E-state index is 12.6. The number of hydrogen-bond acceptors (Lipinski definition) is 5. The molecule has 154 valence electrons. The van der Waals surface area contributed by atoms with Gasteiger partial charge in [0.15, 0.2) is 17.3 Å². The lowest BCUT2D eigenvalue weighted by atomic mass is 10.2. The van der Waals surface area contributed by atoms with Crippen LogP contribution in [0, 0.1) is 0 Å². The van der Waals surface area contributed by atoms with Crippen molar-refractivity contribution in [2.24, 2.45) is 0 Å². The summed E-state index contributed by atoms with van der Waals surface area (Å²) in [6.07, 6.45) is 0. The second-order valence-electron chi connectivity index (χ2n) is 6.65. The minimum absolute atomic E-state index is 0.207. The molecule has 0 bridgehead atoms. The molecular formula is C21H25ClN3O4+. The van der Waals surface area contributed by atoms with Gasteiger partial charge < -0.3 is 24.1 Å². The van der Waals surface area contributed by atoms with E-state index in [0.717, 1.165) is 17.9 Å². The number of H-pyrrole nitrogens is 1. The van der Waals surface area contributed by atoms with Gasteiger partial charge in [-0.15, -0.1) is 0 Å². The van der Waals surface area contributed by atoms with Crippen LogP contribution >= 0.6 is 11.6 Å². The summed E-state index contributed by atoms with van der Waals surface area (Å²) >= 11 is 6.15. The standard InChI is InChI=1S/C21H24ClN3O4/c1-5-25(11-13-8-14(22)6-7-17(13)27-2)12-20-23-16-10-19(29-4)18(28-3)9-15(16)21(26)24-20/h6-10H,5,11-12H2,1-4H3,(H,23,24,26)/p+1. The number of rotatable bonds is 8. The molecule has 0 radical (unpaired) electrons. The molecular weight excluding hydrogens is 394 g/mol. The van der Waals surface area contributed by atoms with Crippen molar-refractivity contribution in [2.45, 2.75) is 20.0 Å². The highest BCUT2D eigenvalue weighted by Crippen LogP contribution is 2.29. The molecule has 1 heterocycles. The Morgan fingerprint density at radius 3 is 2.34 bits per heavy atom. The van der Waals surface area contributed by atoms with Crippen LogP contribution in [-0.4, -0.2) is 37.8 Å². The van der Waals surface area contributed by atoms with E-state index in [1.165, 1.54) is 12.0 Å². The van der Waals surface area contributed by atoms with Gasteiger partial charge in [-0.1, -0.05) is 11.6 Å². The summed E-state index contributed by atoms with van der Waals surface area (Å²) in [7, 11) is 4.73. The van der Waals surface area contributed by atoms with Crippen molar-refractivity contribution in [1.82, 2.24) is 9.97 Å². The molecule has 1 atom stereocenters. The first-order chi connectivity index (χ1) is 14.0. The van der Waals surface area contributed by atoms with Crippen LogP contribution in [0.4, 0.5) is 0 Å². The number of aromatic amines is 1. The summed E-state index contributed by atoms with van der Waals surface area (Å²) in [5.74, 6) is 2.42. The van der Waals surface area contributed by atoms with E-state index in [-0.39, 0.29) is 5.56 Å². The predicted molar refractivity (Wildman–Crippen MR) is 112 cm³/mol. The molecule has 0 saturated carbocycles. The molecule has 8 heteroatoms. The van der Waals surface area contributed by atoms with Crippen molar-refractivity contribution in [2.75, 3.05) is 27.9 Å². The van der Waals surface area contributed by atoms with Crippen LogP contribution in [0.2, 0.25) is 5.02 Å². The summed E-state index contributed by atoms with van der Waals surface area (Å²) in [5, 5.41) is 1.12. The van der Waals surface area contributed by atoms with E-state index in [2.05, 4.69) is 16.9 Å². The first-order valence-corrected chi connectivity index (χ1v) is 9.67. The summed E-state index contributed by atoms with van der Waals surface area (Å²) in [6, 6.07) is 8.94. The van der Waals surface area contributed by atoms with Crippen LogP contribution < -0.4 is 24.7 Å². The van der Waals surface area contributed by atoms with Gasteiger partial charge in [-0.05, 0) is 31.2 Å². The Bertz CT molecular complexity index is 1070. The lowest BCUT2D eigenvalue weighted by Gasteiger charge is -2.19. The Kier molecular flexibility index (Phi) is 6.61. The van der Waals surface area contributed by atoms with Crippen LogP contribution in [0.25, 0.3) is 10.9 Å². The van der Waals surface area contributed by atoms with E-state index >= 15 is 0 Å². The Morgan fingerprint density at radius 1 is 1.00 bits per heavy atom. The van der Waals surface area contributed by atoms with Crippen molar-refractivity contribution >= 4 is 22.5 Å². The zero-order chi connectivity index (χ0) is 21.0. The highest BCUT2D eigenvalue weighted by Gasteiger charge is 2.16.